The van der Waals surface area contributed by atoms with E-state index in [9.17, 15) is 0 Å². The predicted octanol–water partition coefficient (Wildman–Crippen LogP) is 5.50. The zero-order chi connectivity index (χ0) is 21.2. The van der Waals surface area contributed by atoms with Gasteiger partial charge in [-0.1, -0.05) is 36.6 Å². The van der Waals surface area contributed by atoms with Gasteiger partial charge in [0.25, 0.3) is 0 Å². The number of likely N-dealkylation sites (tertiary alicyclic amines) is 1. The maximum atomic E-state index is 6.13. The van der Waals surface area contributed by atoms with Crippen LogP contribution in [0, 0.1) is 0 Å². The second-order valence-corrected chi connectivity index (χ2v) is 9.55. The van der Waals surface area contributed by atoms with Crippen molar-refractivity contribution in [3.05, 3.63) is 52.8 Å². The van der Waals surface area contributed by atoms with Gasteiger partial charge in [-0.05, 0) is 69.0 Å². The topological polar surface area (TPSA) is 37.2 Å². The number of pyridine rings is 1. The summed E-state index contributed by atoms with van der Waals surface area (Å²) in [5.74, 6) is 2.20. The molecule has 3 aromatic rings. The molecule has 6 heteroatoms. The monoisotopic (exact) mass is 437 g/mol. The van der Waals surface area contributed by atoms with Gasteiger partial charge in [-0.15, -0.1) is 0 Å². The average molecular weight is 438 g/mol. The molecule has 2 saturated heterocycles. The molecule has 2 fully saturated rings. The van der Waals surface area contributed by atoms with E-state index in [1.54, 1.807) is 0 Å². The first-order chi connectivity index (χ1) is 15.2. The Morgan fingerprint density at radius 3 is 2.35 bits per heavy atom. The van der Waals surface area contributed by atoms with Gasteiger partial charge in [0.1, 0.15) is 17.2 Å². The molecule has 0 saturated carbocycles. The molecule has 1 aromatic carbocycles. The number of fused-ring (bicyclic) bond motifs is 1. The Labute approximate surface area is 190 Å². The van der Waals surface area contributed by atoms with Crippen LogP contribution in [0.1, 0.15) is 56.8 Å². The number of anilines is 1. The summed E-state index contributed by atoms with van der Waals surface area (Å²) in [6, 6.07) is 13.1. The van der Waals surface area contributed by atoms with E-state index in [0.29, 0.717) is 6.04 Å². The summed E-state index contributed by atoms with van der Waals surface area (Å²) < 4.78 is 2.32. The lowest BCUT2D eigenvalue weighted by molar-refractivity contribution is 0.251. The Kier molecular flexibility index (Phi) is 6.15. The van der Waals surface area contributed by atoms with Crippen LogP contribution in [0.25, 0.3) is 11.2 Å². The summed E-state index contributed by atoms with van der Waals surface area (Å²) >= 11 is 6.13. The first-order valence-electron chi connectivity index (χ1n) is 11.8. The molecule has 0 radical (unpaired) electrons. The van der Waals surface area contributed by atoms with Gasteiger partial charge < -0.3 is 9.47 Å². The number of imidazole rings is 1. The molecule has 164 valence electrons. The normalized spacial score (nSPS) is 20.5. The Hall–Kier alpha value is -2.11. The molecule has 31 heavy (non-hydrogen) atoms. The van der Waals surface area contributed by atoms with Crippen LogP contribution in [-0.4, -0.2) is 45.1 Å². The summed E-state index contributed by atoms with van der Waals surface area (Å²) in [4.78, 5) is 15.2. The van der Waals surface area contributed by atoms with Gasteiger partial charge in [0.2, 0.25) is 0 Å². The number of hydrogen-bond acceptors (Lipinski definition) is 4. The minimum absolute atomic E-state index is 0.615. The van der Waals surface area contributed by atoms with Crippen molar-refractivity contribution in [3.8, 4) is 0 Å². The van der Waals surface area contributed by atoms with Crippen LogP contribution in [0.4, 0.5) is 5.82 Å². The molecule has 5 rings (SSSR count). The quantitative estimate of drug-likeness (QED) is 0.528. The molecule has 2 aliphatic heterocycles. The highest BCUT2D eigenvalue weighted by atomic mass is 35.5. The van der Waals surface area contributed by atoms with E-state index in [-0.39, 0.29) is 0 Å². The molecule has 1 unspecified atom stereocenters. The Balaban J connectivity index is 1.53. The number of nitrogens with zero attached hydrogens (tertiary/aromatic N) is 5. The van der Waals surface area contributed by atoms with Crippen molar-refractivity contribution in [2.75, 3.05) is 24.5 Å². The lowest BCUT2D eigenvalue weighted by atomic mass is 10.2. The standard InChI is InChI=1S/C25H32ClN5/c1-19-7-6-16-30(19)18-24-27-22-12-13-23(29-14-4-2-3-5-15-29)28-25(22)31(24)17-20-8-10-21(26)11-9-20/h8-13,19H,2-7,14-18H2,1H3. The Bertz CT molecular complexity index is 1020. The minimum Gasteiger partial charge on any atom is -0.357 e. The molecule has 4 heterocycles. The van der Waals surface area contributed by atoms with Gasteiger partial charge in [-0.3, -0.25) is 4.90 Å². The number of aromatic nitrogens is 3. The minimum atomic E-state index is 0.615. The third-order valence-corrected chi connectivity index (χ3v) is 7.13. The van der Waals surface area contributed by atoms with E-state index in [2.05, 4.69) is 45.6 Å². The fourth-order valence-corrected chi connectivity index (χ4v) is 5.11. The van der Waals surface area contributed by atoms with Crippen LogP contribution in [-0.2, 0) is 13.1 Å². The van der Waals surface area contributed by atoms with Gasteiger partial charge in [0.05, 0.1) is 13.1 Å². The molecular formula is C25H32ClN5. The van der Waals surface area contributed by atoms with E-state index in [0.717, 1.165) is 60.6 Å². The number of benzene rings is 1. The van der Waals surface area contributed by atoms with Crippen LogP contribution in [0.2, 0.25) is 5.02 Å². The van der Waals surface area contributed by atoms with Gasteiger partial charge in [0, 0.05) is 24.2 Å². The Morgan fingerprint density at radius 2 is 1.65 bits per heavy atom. The fraction of sp³-hybridized carbons (Fsp3) is 0.520. The van der Waals surface area contributed by atoms with E-state index in [1.165, 1.54) is 44.1 Å². The highest BCUT2D eigenvalue weighted by molar-refractivity contribution is 6.30. The molecule has 5 nitrogen and oxygen atoms in total. The van der Waals surface area contributed by atoms with Crippen LogP contribution in [0.5, 0.6) is 0 Å². The molecular weight excluding hydrogens is 406 g/mol. The molecule has 0 bridgehead atoms. The zero-order valence-electron chi connectivity index (χ0n) is 18.4. The molecule has 0 amide bonds. The van der Waals surface area contributed by atoms with Gasteiger partial charge >= 0.3 is 0 Å². The van der Waals surface area contributed by atoms with E-state index < -0.39 is 0 Å². The lowest BCUT2D eigenvalue weighted by Gasteiger charge is -2.22. The van der Waals surface area contributed by atoms with Crippen molar-refractivity contribution >= 4 is 28.6 Å². The summed E-state index contributed by atoms with van der Waals surface area (Å²) in [6.07, 6.45) is 7.70. The fourth-order valence-electron chi connectivity index (χ4n) is 4.98. The average Bonchev–Trinajstić information content (AvgIpc) is 3.20. The summed E-state index contributed by atoms with van der Waals surface area (Å²) in [6.45, 7) is 7.32. The molecule has 0 spiro atoms. The first kappa shape index (κ1) is 20.8. The molecule has 0 aliphatic carbocycles. The van der Waals surface area contributed by atoms with Crippen LogP contribution in [0.15, 0.2) is 36.4 Å². The van der Waals surface area contributed by atoms with E-state index in [4.69, 9.17) is 21.6 Å². The molecule has 2 aromatic heterocycles. The lowest BCUT2D eigenvalue weighted by Crippen LogP contribution is -2.28. The van der Waals surface area contributed by atoms with Crippen LogP contribution in [0.3, 0.4) is 0 Å². The summed E-state index contributed by atoms with van der Waals surface area (Å²) in [5.41, 5.74) is 3.22. The second kappa shape index (κ2) is 9.17. The third kappa shape index (κ3) is 4.58. The highest BCUT2D eigenvalue weighted by Gasteiger charge is 2.24. The highest BCUT2D eigenvalue weighted by Crippen LogP contribution is 2.26. The van der Waals surface area contributed by atoms with Gasteiger partial charge in [0.15, 0.2) is 5.65 Å². The SMILES string of the molecule is CC1CCCN1Cc1nc2ccc(N3CCCCCC3)nc2n1Cc1ccc(Cl)cc1. The van der Waals surface area contributed by atoms with Crippen LogP contribution < -0.4 is 4.90 Å². The molecule has 2 aliphatic rings. The largest absolute Gasteiger partial charge is 0.357 e. The third-order valence-electron chi connectivity index (χ3n) is 6.88. The van der Waals surface area contributed by atoms with Gasteiger partial charge in [-0.2, -0.15) is 0 Å². The van der Waals surface area contributed by atoms with Crippen molar-refractivity contribution in [1.29, 1.82) is 0 Å². The van der Waals surface area contributed by atoms with E-state index in [1.807, 2.05) is 12.1 Å². The van der Waals surface area contributed by atoms with Crippen molar-refractivity contribution in [2.45, 2.75) is 64.6 Å². The van der Waals surface area contributed by atoms with E-state index >= 15 is 0 Å². The van der Waals surface area contributed by atoms with Crippen molar-refractivity contribution in [2.24, 2.45) is 0 Å². The first-order valence-corrected chi connectivity index (χ1v) is 12.1. The number of hydrogen-bond donors (Lipinski definition) is 0. The summed E-state index contributed by atoms with van der Waals surface area (Å²) in [7, 11) is 0. The smallest absolute Gasteiger partial charge is 0.162 e. The number of rotatable bonds is 5. The van der Waals surface area contributed by atoms with Crippen molar-refractivity contribution < 1.29 is 0 Å². The summed E-state index contributed by atoms with van der Waals surface area (Å²) in [5, 5.41) is 0.770. The maximum absolute atomic E-state index is 6.13. The van der Waals surface area contributed by atoms with Crippen LogP contribution >= 0.6 is 11.6 Å². The molecule has 0 N–H and O–H groups in total. The predicted molar refractivity (Wildman–Crippen MR) is 128 cm³/mol. The second-order valence-electron chi connectivity index (χ2n) is 9.12. The zero-order valence-corrected chi connectivity index (χ0v) is 19.2. The maximum Gasteiger partial charge on any atom is 0.162 e. The molecule has 1 atom stereocenters. The van der Waals surface area contributed by atoms with Crippen molar-refractivity contribution in [1.82, 2.24) is 19.4 Å². The number of halogens is 1. The van der Waals surface area contributed by atoms with Crippen molar-refractivity contribution in [3.63, 3.8) is 0 Å². The van der Waals surface area contributed by atoms with Gasteiger partial charge in [-0.25, -0.2) is 9.97 Å². The Morgan fingerprint density at radius 1 is 0.871 bits per heavy atom.